The Morgan fingerprint density at radius 1 is 1.50 bits per heavy atom. The molecule has 0 bridgehead atoms. The molecule has 0 aliphatic rings. The van der Waals surface area contributed by atoms with Crippen LogP contribution in [0, 0.1) is 0 Å². The fourth-order valence-corrected chi connectivity index (χ4v) is 0.890. The molecule has 0 aliphatic heterocycles. The number of anilines is 1. The van der Waals surface area contributed by atoms with E-state index in [4.69, 9.17) is 0 Å². The lowest BCUT2D eigenvalue weighted by Gasteiger charge is -2.11. The van der Waals surface area contributed by atoms with Crippen molar-refractivity contribution in [3.8, 4) is 0 Å². The minimum Gasteiger partial charge on any atom is -0.378 e. The van der Waals surface area contributed by atoms with E-state index in [1.54, 1.807) is 12.3 Å². The summed E-state index contributed by atoms with van der Waals surface area (Å²) in [5.41, 5.74) is 1.51. The number of aromatic nitrogens is 1. The van der Waals surface area contributed by atoms with Crippen LogP contribution in [0.5, 0.6) is 0 Å². The van der Waals surface area contributed by atoms with Crippen LogP contribution in [0.2, 0.25) is 0 Å². The van der Waals surface area contributed by atoms with Gasteiger partial charge in [-0.25, -0.2) is 0 Å². The van der Waals surface area contributed by atoms with Gasteiger partial charge < -0.3 is 4.90 Å². The highest BCUT2D eigenvalue weighted by molar-refractivity contribution is 5.92. The van der Waals surface area contributed by atoms with Gasteiger partial charge in [0, 0.05) is 32.9 Å². The Morgan fingerprint density at radius 3 is 2.67 bits per heavy atom. The lowest BCUT2D eigenvalue weighted by atomic mass is 10.2. The molecule has 0 aromatic carbocycles. The molecule has 12 heavy (non-hydrogen) atoms. The molecule has 0 unspecified atom stereocenters. The monoisotopic (exact) mass is 164 g/mol. The van der Waals surface area contributed by atoms with E-state index in [1.165, 1.54) is 6.92 Å². The van der Waals surface area contributed by atoms with E-state index in [0.717, 1.165) is 5.69 Å². The summed E-state index contributed by atoms with van der Waals surface area (Å²) in [6.45, 7) is 1.52. The molecule has 3 heteroatoms. The zero-order chi connectivity index (χ0) is 9.14. The molecular weight excluding hydrogens is 152 g/mol. The van der Waals surface area contributed by atoms with Gasteiger partial charge in [-0.3, -0.25) is 9.78 Å². The van der Waals surface area contributed by atoms with Crippen molar-refractivity contribution in [2.24, 2.45) is 0 Å². The van der Waals surface area contributed by atoms with Crippen LogP contribution in [-0.2, 0) is 0 Å². The summed E-state index contributed by atoms with van der Waals surface area (Å²) in [4.78, 5) is 16.8. The molecule has 0 fully saturated rings. The fraction of sp³-hybridized carbons (Fsp3) is 0.333. The quantitative estimate of drug-likeness (QED) is 0.618. The Bertz CT molecular complexity index is 294. The molecule has 0 N–H and O–H groups in total. The van der Waals surface area contributed by atoms with Crippen molar-refractivity contribution in [3.63, 3.8) is 0 Å². The molecule has 1 heterocycles. The van der Waals surface area contributed by atoms with E-state index in [0.29, 0.717) is 5.69 Å². The third-order valence-corrected chi connectivity index (χ3v) is 1.62. The minimum absolute atomic E-state index is 0.00120. The topological polar surface area (TPSA) is 33.2 Å². The minimum atomic E-state index is -0.00120. The lowest BCUT2D eigenvalue weighted by Crippen LogP contribution is -2.09. The van der Waals surface area contributed by atoms with Crippen molar-refractivity contribution in [1.29, 1.82) is 0 Å². The molecule has 0 radical (unpaired) electrons. The van der Waals surface area contributed by atoms with Gasteiger partial charge in [0.25, 0.3) is 0 Å². The van der Waals surface area contributed by atoms with E-state index in [1.807, 2.05) is 25.1 Å². The number of hydrogen-bond acceptors (Lipinski definition) is 3. The molecule has 0 spiro atoms. The largest absolute Gasteiger partial charge is 0.378 e. The highest BCUT2D eigenvalue weighted by Gasteiger charge is 2.02. The first-order chi connectivity index (χ1) is 5.61. The first kappa shape index (κ1) is 8.71. The molecule has 1 aromatic heterocycles. The van der Waals surface area contributed by atoms with Crippen LogP contribution in [0.15, 0.2) is 18.3 Å². The molecule has 3 nitrogen and oxygen atoms in total. The SMILES string of the molecule is CC(=O)c1cc(N(C)C)ccn1. The van der Waals surface area contributed by atoms with Gasteiger partial charge >= 0.3 is 0 Å². The van der Waals surface area contributed by atoms with E-state index < -0.39 is 0 Å². The van der Waals surface area contributed by atoms with Gasteiger partial charge in [0.2, 0.25) is 0 Å². The number of pyridine rings is 1. The van der Waals surface area contributed by atoms with Gasteiger partial charge in [-0.2, -0.15) is 0 Å². The van der Waals surface area contributed by atoms with Crippen molar-refractivity contribution in [2.45, 2.75) is 6.92 Å². The lowest BCUT2D eigenvalue weighted by molar-refractivity contribution is 0.101. The molecule has 0 amide bonds. The maximum atomic E-state index is 10.9. The molecule has 1 rings (SSSR count). The fourth-order valence-electron chi connectivity index (χ4n) is 0.890. The Kier molecular flexibility index (Phi) is 2.43. The Labute approximate surface area is 72.0 Å². The number of carbonyl (C=O) groups is 1. The van der Waals surface area contributed by atoms with E-state index in [-0.39, 0.29) is 5.78 Å². The third-order valence-electron chi connectivity index (χ3n) is 1.62. The predicted molar refractivity (Wildman–Crippen MR) is 48.6 cm³/mol. The molecule has 0 saturated carbocycles. The van der Waals surface area contributed by atoms with Crippen molar-refractivity contribution < 1.29 is 4.79 Å². The molecule has 64 valence electrons. The second-order valence-electron chi connectivity index (χ2n) is 2.85. The molecule has 0 saturated heterocycles. The third kappa shape index (κ3) is 1.81. The summed E-state index contributed by atoms with van der Waals surface area (Å²) in [5.74, 6) is -0.00120. The van der Waals surface area contributed by atoms with E-state index >= 15 is 0 Å². The van der Waals surface area contributed by atoms with Crippen LogP contribution in [0.3, 0.4) is 0 Å². The molecular formula is C9H12N2O. The number of Topliss-reactive ketones (excluding diaryl/α,β-unsaturated/α-hetero) is 1. The normalized spacial score (nSPS) is 9.58. The van der Waals surface area contributed by atoms with Crippen LogP contribution in [-0.4, -0.2) is 24.9 Å². The molecule has 0 atom stereocenters. The number of nitrogens with zero attached hydrogens (tertiary/aromatic N) is 2. The first-order valence-electron chi connectivity index (χ1n) is 3.75. The maximum absolute atomic E-state index is 10.9. The molecule has 1 aromatic rings. The maximum Gasteiger partial charge on any atom is 0.178 e. The highest BCUT2D eigenvalue weighted by atomic mass is 16.1. The summed E-state index contributed by atoms with van der Waals surface area (Å²) in [6, 6.07) is 3.65. The number of carbonyl (C=O) groups excluding carboxylic acids is 1. The number of hydrogen-bond donors (Lipinski definition) is 0. The van der Waals surface area contributed by atoms with Crippen molar-refractivity contribution in [2.75, 3.05) is 19.0 Å². The van der Waals surface area contributed by atoms with Crippen LogP contribution < -0.4 is 4.90 Å². The predicted octanol–water partition coefficient (Wildman–Crippen LogP) is 1.35. The van der Waals surface area contributed by atoms with Crippen LogP contribution >= 0.6 is 0 Å². The van der Waals surface area contributed by atoms with Crippen LogP contribution in [0.1, 0.15) is 17.4 Å². The Hall–Kier alpha value is -1.38. The zero-order valence-corrected chi connectivity index (χ0v) is 7.53. The van der Waals surface area contributed by atoms with Gasteiger partial charge in [0.1, 0.15) is 5.69 Å². The van der Waals surface area contributed by atoms with Crippen LogP contribution in [0.25, 0.3) is 0 Å². The number of ketones is 1. The average molecular weight is 164 g/mol. The summed E-state index contributed by atoms with van der Waals surface area (Å²) in [7, 11) is 3.86. The molecule has 0 aliphatic carbocycles. The second kappa shape index (κ2) is 3.34. The standard InChI is InChI=1S/C9H12N2O/c1-7(12)9-6-8(11(2)3)4-5-10-9/h4-6H,1-3H3. The second-order valence-corrected chi connectivity index (χ2v) is 2.85. The summed E-state index contributed by atoms with van der Waals surface area (Å²) in [6.07, 6.45) is 1.64. The zero-order valence-electron chi connectivity index (χ0n) is 7.53. The van der Waals surface area contributed by atoms with Crippen LogP contribution in [0.4, 0.5) is 5.69 Å². The Balaban J connectivity index is 3.04. The van der Waals surface area contributed by atoms with Gasteiger partial charge in [-0.15, -0.1) is 0 Å². The first-order valence-corrected chi connectivity index (χ1v) is 3.75. The van der Waals surface area contributed by atoms with Crippen molar-refractivity contribution >= 4 is 11.5 Å². The van der Waals surface area contributed by atoms with Crippen molar-refractivity contribution in [3.05, 3.63) is 24.0 Å². The number of rotatable bonds is 2. The van der Waals surface area contributed by atoms with E-state index in [2.05, 4.69) is 4.98 Å². The average Bonchev–Trinajstić information content (AvgIpc) is 2.04. The van der Waals surface area contributed by atoms with E-state index in [9.17, 15) is 4.79 Å². The summed E-state index contributed by atoms with van der Waals surface area (Å²) >= 11 is 0. The van der Waals surface area contributed by atoms with Gasteiger partial charge in [0.05, 0.1) is 0 Å². The Morgan fingerprint density at radius 2 is 2.17 bits per heavy atom. The van der Waals surface area contributed by atoms with Gasteiger partial charge in [-0.05, 0) is 12.1 Å². The van der Waals surface area contributed by atoms with Gasteiger partial charge in [-0.1, -0.05) is 0 Å². The smallest absolute Gasteiger partial charge is 0.178 e. The summed E-state index contributed by atoms with van der Waals surface area (Å²) < 4.78 is 0. The highest BCUT2D eigenvalue weighted by Crippen LogP contribution is 2.10. The summed E-state index contributed by atoms with van der Waals surface area (Å²) in [5, 5.41) is 0. The van der Waals surface area contributed by atoms with Gasteiger partial charge in [0.15, 0.2) is 5.78 Å². The van der Waals surface area contributed by atoms with Crippen molar-refractivity contribution in [1.82, 2.24) is 4.98 Å².